The molecule has 0 radical (unpaired) electrons. The highest BCUT2D eigenvalue weighted by Crippen LogP contribution is 2.33. The van der Waals surface area contributed by atoms with Crippen LogP contribution in [0.2, 0.25) is 0 Å². The zero-order valence-corrected chi connectivity index (χ0v) is 10.6. The molecule has 0 saturated carbocycles. The van der Waals surface area contributed by atoms with E-state index in [2.05, 4.69) is 15.5 Å². The van der Waals surface area contributed by atoms with Crippen molar-refractivity contribution < 1.29 is 22.0 Å². The molecule has 0 unspecified atom stereocenters. The van der Waals surface area contributed by atoms with Gasteiger partial charge in [-0.2, -0.15) is 13.2 Å². The summed E-state index contributed by atoms with van der Waals surface area (Å²) in [5.74, 6) is -0.826. The SMILES string of the molecule is Fc1ccc(Nc2nnc(CCCl)o2)cc1C(F)(F)F. The molecule has 108 valence electrons. The van der Waals surface area contributed by atoms with Crippen molar-refractivity contribution in [1.82, 2.24) is 10.2 Å². The van der Waals surface area contributed by atoms with E-state index in [4.69, 9.17) is 16.0 Å². The van der Waals surface area contributed by atoms with Crippen molar-refractivity contribution in [2.24, 2.45) is 0 Å². The smallest absolute Gasteiger partial charge is 0.408 e. The molecule has 2 aromatic rings. The molecule has 1 aromatic carbocycles. The Balaban J connectivity index is 2.21. The maximum atomic E-state index is 13.1. The average Bonchev–Trinajstić information content (AvgIpc) is 2.78. The lowest BCUT2D eigenvalue weighted by molar-refractivity contribution is -0.139. The third-order valence-corrected chi connectivity index (χ3v) is 2.49. The maximum Gasteiger partial charge on any atom is 0.419 e. The van der Waals surface area contributed by atoms with Crippen molar-refractivity contribution in [3.05, 3.63) is 35.5 Å². The molecule has 1 N–H and O–H groups in total. The second kappa shape index (κ2) is 5.66. The van der Waals surface area contributed by atoms with E-state index < -0.39 is 17.6 Å². The van der Waals surface area contributed by atoms with Gasteiger partial charge in [-0.25, -0.2) is 4.39 Å². The summed E-state index contributed by atoms with van der Waals surface area (Å²) in [7, 11) is 0. The Kier molecular flexibility index (Phi) is 4.12. The molecule has 20 heavy (non-hydrogen) atoms. The molecule has 0 aliphatic heterocycles. The van der Waals surface area contributed by atoms with Gasteiger partial charge in [0.25, 0.3) is 0 Å². The molecule has 0 atom stereocenters. The Hall–Kier alpha value is -1.83. The van der Waals surface area contributed by atoms with E-state index in [1.54, 1.807) is 0 Å². The fraction of sp³-hybridized carbons (Fsp3) is 0.273. The minimum absolute atomic E-state index is 0.0141. The molecule has 0 saturated heterocycles. The number of rotatable bonds is 4. The lowest BCUT2D eigenvalue weighted by Gasteiger charge is -2.09. The van der Waals surface area contributed by atoms with Crippen LogP contribution < -0.4 is 5.32 Å². The van der Waals surface area contributed by atoms with Crippen LogP contribution in [0, 0.1) is 5.82 Å². The van der Waals surface area contributed by atoms with Crippen molar-refractivity contribution in [2.75, 3.05) is 11.2 Å². The van der Waals surface area contributed by atoms with Gasteiger partial charge in [0.1, 0.15) is 5.82 Å². The van der Waals surface area contributed by atoms with Crippen LogP contribution in [0.5, 0.6) is 0 Å². The second-order valence-electron chi connectivity index (χ2n) is 3.76. The van der Waals surface area contributed by atoms with E-state index in [0.717, 1.165) is 6.07 Å². The third kappa shape index (κ3) is 3.38. The Morgan fingerprint density at radius 3 is 2.65 bits per heavy atom. The topological polar surface area (TPSA) is 51.0 Å². The van der Waals surface area contributed by atoms with Gasteiger partial charge in [0.15, 0.2) is 0 Å². The molecule has 0 spiro atoms. The molecule has 2 rings (SSSR count). The van der Waals surface area contributed by atoms with Crippen LogP contribution in [0.1, 0.15) is 11.5 Å². The van der Waals surface area contributed by atoms with Crippen molar-refractivity contribution in [3.8, 4) is 0 Å². The lowest BCUT2D eigenvalue weighted by Crippen LogP contribution is -2.08. The van der Waals surface area contributed by atoms with Crippen molar-refractivity contribution in [3.63, 3.8) is 0 Å². The van der Waals surface area contributed by atoms with Gasteiger partial charge >= 0.3 is 12.2 Å². The van der Waals surface area contributed by atoms with Gasteiger partial charge in [0.2, 0.25) is 5.89 Å². The van der Waals surface area contributed by atoms with Gasteiger partial charge in [-0.15, -0.1) is 16.7 Å². The number of hydrogen-bond donors (Lipinski definition) is 1. The molecule has 0 aliphatic rings. The van der Waals surface area contributed by atoms with Crippen molar-refractivity contribution >= 4 is 23.3 Å². The molecule has 0 amide bonds. The largest absolute Gasteiger partial charge is 0.419 e. The number of benzene rings is 1. The van der Waals surface area contributed by atoms with E-state index in [9.17, 15) is 17.6 Å². The molecular weight excluding hydrogens is 302 g/mol. The predicted octanol–water partition coefficient (Wildman–Crippen LogP) is 3.75. The molecule has 0 aliphatic carbocycles. The summed E-state index contributed by atoms with van der Waals surface area (Å²) in [6, 6.07) is 2.38. The molecule has 9 heteroatoms. The number of aromatic nitrogens is 2. The quantitative estimate of drug-likeness (QED) is 0.690. The minimum Gasteiger partial charge on any atom is -0.408 e. The number of anilines is 2. The fourth-order valence-electron chi connectivity index (χ4n) is 1.43. The van der Waals surface area contributed by atoms with Crippen LogP contribution in [0.3, 0.4) is 0 Å². The highest BCUT2D eigenvalue weighted by Gasteiger charge is 2.34. The Labute approximate surface area is 115 Å². The highest BCUT2D eigenvalue weighted by molar-refractivity contribution is 6.17. The number of nitrogens with one attached hydrogen (secondary N) is 1. The van der Waals surface area contributed by atoms with Crippen LogP contribution >= 0.6 is 11.6 Å². The first-order valence-corrected chi connectivity index (χ1v) is 5.95. The van der Waals surface area contributed by atoms with Crippen LogP contribution in [-0.2, 0) is 12.6 Å². The molecule has 4 nitrogen and oxygen atoms in total. The molecule has 0 bridgehead atoms. The standard InChI is InChI=1S/C11H8ClF4N3O/c12-4-3-9-18-19-10(20-9)17-6-1-2-8(13)7(5-6)11(14,15)16/h1-2,5H,3-4H2,(H,17,19). The molecule has 1 heterocycles. The van der Waals surface area contributed by atoms with E-state index in [-0.39, 0.29) is 23.5 Å². The predicted molar refractivity (Wildman–Crippen MR) is 63.4 cm³/mol. The van der Waals surface area contributed by atoms with Gasteiger partial charge < -0.3 is 9.73 Å². The van der Waals surface area contributed by atoms with Crippen LogP contribution in [-0.4, -0.2) is 16.1 Å². The highest BCUT2D eigenvalue weighted by atomic mass is 35.5. The number of alkyl halides is 4. The van der Waals surface area contributed by atoms with Gasteiger partial charge in [-0.3, -0.25) is 0 Å². The fourth-order valence-corrected chi connectivity index (χ4v) is 1.59. The van der Waals surface area contributed by atoms with Gasteiger partial charge in [-0.1, -0.05) is 5.10 Å². The first-order chi connectivity index (χ1) is 9.40. The number of halogens is 5. The van der Waals surface area contributed by atoms with E-state index >= 15 is 0 Å². The first kappa shape index (κ1) is 14.6. The third-order valence-electron chi connectivity index (χ3n) is 2.30. The van der Waals surface area contributed by atoms with E-state index in [1.165, 1.54) is 0 Å². The van der Waals surface area contributed by atoms with Crippen molar-refractivity contribution in [1.29, 1.82) is 0 Å². The zero-order valence-electron chi connectivity index (χ0n) is 9.84. The minimum atomic E-state index is -4.78. The maximum absolute atomic E-state index is 13.1. The number of nitrogens with zero attached hydrogens (tertiary/aromatic N) is 2. The van der Waals surface area contributed by atoms with E-state index in [1.807, 2.05) is 0 Å². The van der Waals surface area contributed by atoms with Crippen molar-refractivity contribution in [2.45, 2.75) is 12.6 Å². The zero-order chi connectivity index (χ0) is 14.8. The first-order valence-electron chi connectivity index (χ1n) is 5.42. The summed E-state index contributed by atoms with van der Waals surface area (Å²) in [6.07, 6.45) is -4.44. The summed E-state index contributed by atoms with van der Waals surface area (Å²) in [5, 5.41) is 9.69. The second-order valence-corrected chi connectivity index (χ2v) is 4.14. The van der Waals surface area contributed by atoms with Crippen LogP contribution in [0.15, 0.2) is 22.6 Å². The summed E-state index contributed by atoms with van der Waals surface area (Å²) in [5.41, 5.74) is -1.39. The molecular formula is C11H8ClF4N3O. The lowest BCUT2D eigenvalue weighted by atomic mass is 10.2. The summed E-state index contributed by atoms with van der Waals surface area (Å²) < 4.78 is 55.8. The Bertz CT molecular complexity index is 600. The summed E-state index contributed by atoms with van der Waals surface area (Å²) in [6.45, 7) is 0. The van der Waals surface area contributed by atoms with Gasteiger partial charge in [0, 0.05) is 18.0 Å². The molecule has 1 aromatic heterocycles. The summed E-state index contributed by atoms with van der Waals surface area (Å²) >= 11 is 5.48. The van der Waals surface area contributed by atoms with Crippen LogP contribution in [0.25, 0.3) is 0 Å². The van der Waals surface area contributed by atoms with E-state index in [0.29, 0.717) is 18.6 Å². The summed E-state index contributed by atoms with van der Waals surface area (Å²) in [4.78, 5) is 0. The monoisotopic (exact) mass is 309 g/mol. The number of aryl methyl sites for hydroxylation is 1. The molecule has 0 fully saturated rings. The Morgan fingerprint density at radius 1 is 1.25 bits per heavy atom. The normalized spacial score (nSPS) is 11.7. The number of hydrogen-bond acceptors (Lipinski definition) is 4. The van der Waals surface area contributed by atoms with Gasteiger partial charge in [0.05, 0.1) is 5.56 Å². The Morgan fingerprint density at radius 2 is 2.00 bits per heavy atom. The average molecular weight is 310 g/mol. The van der Waals surface area contributed by atoms with Crippen LogP contribution in [0.4, 0.5) is 29.3 Å². The van der Waals surface area contributed by atoms with Gasteiger partial charge in [-0.05, 0) is 18.2 Å².